The Labute approximate surface area is 363 Å². The molecule has 6 heterocycles. The highest BCUT2D eigenvalue weighted by Crippen LogP contribution is 2.47. The van der Waals surface area contributed by atoms with Crippen LogP contribution in [0.2, 0.25) is 0 Å². The van der Waals surface area contributed by atoms with E-state index in [0.717, 1.165) is 87.8 Å². The Morgan fingerprint density at radius 1 is 0.509 bits per heavy atom. The van der Waals surface area contributed by atoms with E-state index in [1.165, 1.54) is 76.0 Å². The van der Waals surface area contributed by atoms with Crippen LogP contribution in [0.1, 0.15) is 182 Å². The van der Waals surface area contributed by atoms with Gasteiger partial charge in [-0.05, 0) is 144 Å². The minimum atomic E-state index is -0.496. The zero-order chi connectivity index (χ0) is 43.3. The van der Waals surface area contributed by atoms with Crippen LogP contribution >= 0.6 is 11.8 Å². The highest BCUT2D eigenvalue weighted by atomic mass is 32.2. The molecule has 6 aliphatic heterocycles. The topological polar surface area (TPSA) is 48.0 Å². The van der Waals surface area contributed by atoms with E-state index < -0.39 is 10.8 Å². The van der Waals surface area contributed by atoms with E-state index in [9.17, 15) is 4.21 Å². The van der Waals surface area contributed by atoms with Crippen LogP contribution in [0.25, 0.3) is 0 Å². The van der Waals surface area contributed by atoms with Gasteiger partial charge in [0, 0.05) is 48.7 Å². The molecule has 0 N–H and O–H groups in total. The lowest BCUT2D eigenvalue weighted by atomic mass is 9.63. The van der Waals surface area contributed by atoms with Crippen LogP contribution in [-0.4, -0.2) is 90.9 Å². The van der Waals surface area contributed by atoms with Gasteiger partial charge in [0.15, 0.2) is 0 Å². The molecule has 0 aromatic heterocycles. The molecule has 0 aromatic carbocycles. The van der Waals surface area contributed by atoms with E-state index in [1.807, 2.05) is 0 Å². The summed E-state index contributed by atoms with van der Waals surface area (Å²) in [7, 11) is -0.496. The first-order valence-corrected chi connectivity index (χ1v) is 26.1. The first-order valence-electron chi connectivity index (χ1n) is 23.5. The molecule has 0 atom stereocenters. The van der Waals surface area contributed by atoms with Crippen molar-refractivity contribution in [3.8, 4) is 0 Å². The van der Waals surface area contributed by atoms with Gasteiger partial charge < -0.3 is 14.2 Å². The number of thioether (sulfide) groups is 1. The second-order valence-corrected chi connectivity index (χ2v) is 27.4. The Morgan fingerprint density at radius 2 is 0.877 bits per heavy atom. The summed E-state index contributed by atoms with van der Waals surface area (Å²) in [4.78, 5) is 2.62. The zero-order valence-corrected chi connectivity index (χ0v) is 42.9. The van der Waals surface area contributed by atoms with Gasteiger partial charge in [-0.15, -0.1) is 0 Å². The largest absolute Gasteiger partial charge is 0.381 e. The summed E-state index contributed by atoms with van der Waals surface area (Å²) in [6.45, 7) is 48.2. The van der Waals surface area contributed by atoms with Crippen LogP contribution in [-0.2, 0) is 25.0 Å². The van der Waals surface area contributed by atoms with Crippen LogP contribution in [0.4, 0.5) is 0 Å². The van der Waals surface area contributed by atoms with E-state index in [-0.39, 0.29) is 0 Å². The lowest BCUT2D eigenvalue weighted by Crippen LogP contribution is -2.54. The zero-order valence-electron chi connectivity index (χ0n) is 41.3. The lowest BCUT2D eigenvalue weighted by molar-refractivity contribution is -0.0908. The van der Waals surface area contributed by atoms with E-state index in [2.05, 4.69) is 134 Å². The number of piperidine rings is 1. The van der Waals surface area contributed by atoms with Crippen molar-refractivity contribution < 1.29 is 18.4 Å². The molecule has 0 aromatic rings. The Kier molecular flexibility index (Phi) is 21.7. The molecule has 0 unspecified atom stereocenters. The van der Waals surface area contributed by atoms with Gasteiger partial charge in [0.2, 0.25) is 0 Å². The van der Waals surface area contributed by atoms with Crippen LogP contribution in [0.5, 0.6) is 0 Å². The standard InChI is InChI=1S/C13H25NO.C10H20O.C9H18OS.C9H18O.C9H18S/c1-12(2,3)13(4)5-7-14(8-6-13)11-9-15-10-11;1-9(2,3)10(4)5-7-11-8-6-10;1-9(2,3)8-4-6-11(10)7-5-8;2*1-9(2,3)8-4-6-10-7-5-8/h11H,5-10H2,1-4H3;5-8H2,1-4H3;8H,4-7H2,1-3H3;2*8H,4-7H2,1-3H3. The molecular formula is C50H99NO4S2. The highest BCUT2D eigenvalue weighted by molar-refractivity contribution is 7.99. The van der Waals surface area contributed by atoms with Gasteiger partial charge in [-0.2, -0.15) is 11.8 Å². The Bertz CT molecular complexity index is 1070. The van der Waals surface area contributed by atoms with Crippen molar-refractivity contribution in [3.63, 3.8) is 0 Å². The molecule has 0 aliphatic carbocycles. The number of hydrogen-bond donors (Lipinski definition) is 0. The average Bonchev–Trinajstić information content (AvgIpc) is 3.09. The van der Waals surface area contributed by atoms with Gasteiger partial charge in [-0.1, -0.05) is 118 Å². The second-order valence-electron chi connectivity index (χ2n) is 24.5. The van der Waals surface area contributed by atoms with Crippen LogP contribution in [0.3, 0.4) is 0 Å². The molecule has 7 heteroatoms. The molecule has 6 rings (SSSR count). The SMILES string of the molecule is CC(C)(C)C1(C)CCN(C2COC2)CC1.CC(C)(C)C1(C)CCOCC1.CC(C)(C)C1CCOCC1.CC(C)(C)C1CCS(=O)CC1.CC(C)(C)C1CCSCC1. The smallest absolute Gasteiger partial charge is 0.0645 e. The summed E-state index contributed by atoms with van der Waals surface area (Å²) >= 11 is 2.11. The Balaban J connectivity index is 0.000000248. The first kappa shape index (κ1) is 53.5. The summed E-state index contributed by atoms with van der Waals surface area (Å²) in [6.07, 6.45) is 12.8. The van der Waals surface area contributed by atoms with Crippen LogP contribution in [0, 0.1) is 55.7 Å². The number of hydrogen-bond acceptors (Lipinski definition) is 6. The maximum Gasteiger partial charge on any atom is 0.0645 e. The van der Waals surface area contributed by atoms with Crippen molar-refractivity contribution in [3.05, 3.63) is 0 Å². The van der Waals surface area contributed by atoms with Crippen molar-refractivity contribution in [2.75, 3.05) is 75.7 Å². The van der Waals surface area contributed by atoms with E-state index in [4.69, 9.17) is 14.2 Å². The minimum Gasteiger partial charge on any atom is -0.381 e. The van der Waals surface area contributed by atoms with Crippen molar-refractivity contribution in [2.45, 2.75) is 188 Å². The van der Waals surface area contributed by atoms with Crippen LogP contribution in [0.15, 0.2) is 0 Å². The average molecular weight is 842 g/mol. The number of nitrogens with zero attached hydrogens (tertiary/aromatic N) is 1. The molecule has 57 heavy (non-hydrogen) atoms. The normalized spacial score (nSPS) is 27.0. The predicted molar refractivity (Wildman–Crippen MR) is 253 cm³/mol. The molecule has 340 valence electrons. The van der Waals surface area contributed by atoms with Crippen molar-refractivity contribution in [2.24, 2.45) is 55.7 Å². The minimum absolute atomic E-state index is 0.421. The molecule has 0 amide bonds. The third-order valence-corrected chi connectivity index (χ3v) is 18.2. The molecule has 0 saturated carbocycles. The van der Waals surface area contributed by atoms with Gasteiger partial charge in [-0.3, -0.25) is 9.11 Å². The fourth-order valence-corrected chi connectivity index (χ4v) is 11.3. The van der Waals surface area contributed by atoms with Gasteiger partial charge in [-0.25, -0.2) is 0 Å². The summed E-state index contributed by atoms with van der Waals surface area (Å²) in [5.74, 6) is 7.29. The third-order valence-electron chi connectivity index (χ3n) is 15.8. The maximum atomic E-state index is 11.0. The molecular weight excluding hydrogens is 743 g/mol. The number of ether oxygens (including phenoxy) is 3. The number of rotatable bonds is 1. The Hall–Kier alpha value is 0.340. The molecule has 0 bridgehead atoms. The fraction of sp³-hybridized carbons (Fsp3) is 1.00. The first-order chi connectivity index (χ1) is 26.1. The van der Waals surface area contributed by atoms with E-state index in [1.54, 1.807) is 0 Å². The maximum absolute atomic E-state index is 11.0. The van der Waals surface area contributed by atoms with Crippen LogP contribution < -0.4 is 0 Å². The highest BCUT2D eigenvalue weighted by Gasteiger charge is 2.42. The third kappa shape index (κ3) is 18.7. The summed E-state index contributed by atoms with van der Waals surface area (Å²) in [5.41, 5.74) is 3.35. The van der Waals surface area contributed by atoms with Gasteiger partial charge in [0.1, 0.15) is 0 Å². The second kappa shape index (κ2) is 23.1. The molecule has 0 spiro atoms. The van der Waals surface area contributed by atoms with Crippen molar-refractivity contribution >= 4 is 22.6 Å². The van der Waals surface area contributed by atoms with Gasteiger partial charge in [0.25, 0.3) is 0 Å². The molecule has 0 radical (unpaired) electrons. The van der Waals surface area contributed by atoms with Gasteiger partial charge in [0.05, 0.1) is 19.3 Å². The molecule has 6 aliphatic rings. The molecule has 5 nitrogen and oxygen atoms in total. The van der Waals surface area contributed by atoms with E-state index in [0.29, 0.717) is 37.9 Å². The van der Waals surface area contributed by atoms with Crippen molar-refractivity contribution in [1.29, 1.82) is 0 Å². The summed E-state index contributed by atoms with van der Waals surface area (Å²) in [6, 6.07) is 0.731. The fourth-order valence-electron chi connectivity index (χ4n) is 8.93. The summed E-state index contributed by atoms with van der Waals surface area (Å²) < 4.78 is 27.0. The quantitative estimate of drug-likeness (QED) is 0.262. The van der Waals surface area contributed by atoms with Gasteiger partial charge >= 0.3 is 0 Å². The monoisotopic (exact) mass is 842 g/mol. The number of likely N-dealkylation sites (tertiary alicyclic amines) is 1. The van der Waals surface area contributed by atoms with Crippen molar-refractivity contribution in [1.82, 2.24) is 4.90 Å². The van der Waals surface area contributed by atoms with E-state index >= 15 is 0 Å². The summed E-state index contributed by atoms with van der Waals surface area (Å²) in [5, 5.41) is 0. The predicted octanol–water partition coefficient (Wildman–Crippen LogP) is 13.2. The molecule has 6 fully saturated rings. The lowest BCUT2D eigenvalue weighted by Gasteiger charge is -2.50. The Morgan fingerprint density at radius 3 is 1.19 bits per heavy atom. The molecule has 6 saturated heterocycles.